The molecule has 2 aromatic carbocycles. The minimum atomic E-state index is -0.463. The molecular weight excluding hydrogens is 240 g/mol. The zero-order valence-corrected chi connectivity index (χ0v) is 11.2. The molecule has 0 spiro atoms. The third-order valence-electron chi connectivity index (χ3n) is 2.71. The van der Waals surface area contributed by atoms with Crippen LogP contribution >= 0.6 is 0 Å². The summed E-state index contributed by atoms with van der Waals surface area (Å²) in [5.41, 5.74) is 0.871. The van der Waals surface area contributed by atoms with Crippen LogP contribution in [-0.2, 0) is 0 Å². The Labute approximate surface area is 113 Å². The quantitative estimate of drug-likeness (QED) is 0.883. The molecule has 1 N–H and O–H groups in total. The van der Waals surface area contributed by atoms with Gasteiger partial charge in [0.2, 0.25) is 0 Å². The largest absolute Gasteiger partial charge is 0.494 e. The van der Waals surface area contributed by atoms with Crippen LogP contribution < -0.4 is 9.47 Å². The predicted molar refractivity (Wildman–Crippen MR) is 74.8 cm³/mol. The molecule has 0 amide bonds. The van der Waals surface area contributed by atoms with Gasteiger partial charge in [0.1, 0.15) is 17.2 Å². The van der Waals surface area contributed by atoms with Gasteiger partial charge in [0.25, 0.3) is 0 Å². The van der Waals surface area contributed by atoms with Gasteiger partial charge in [-0.05, 0) is 43.7 Å². The number of aliphatic hydroxyl groups excluding tert-OH is 1. The lowest BCUT2D eigenvalue weighted by atomic mass is 10.1. The average molecular weight is 258 g/mol. The fourth-order valence-electron chi connectivity index (χ4n) is 1.74. The van der Waals surface area contributed by atoms with Crippen LogP contribution in [0, 0.1) is 0 Å². The van der Waals surface area contributed by atoms with Crippen molar-refractivity contribution >= 4 is 0 Å². The zero-order valence-electron chi connectivity index (χ0n) is 11.2. The molecule has 1 unspecified atom stereocenters. The molecule has 2 rings (SSSR count). The van der Waals surface area contributed by atoms with Crippen molar-refractivity contribution in [2.75, 3.05) is 6.61 Å². The van der Waals surface area contributed by atoms with Crippen LogP contribution in [-0.4, -0.2) is 11.7 Å². The number of rotatable bonds is 5. The molecule has 0 aliphatic heterocycles. The van der Waals surface area contributed by atoms with Crippen LogP contribution in [0.1, 0.15) is 25.5 Å². The fourth-order valence-corrected chi connectivity index (χ4v) is 1.74. The van der Waals surface area contributed by atoms with Crippen molar-refractivity contribution in [1.29, 1.82) is 0 Å². The summed E-state index contributed by atoms with van der Waals surface area (Å²) >= 11 is 0. The normalized spacial score (nSPS) is 11.9. The molecule has 0 radical (unpaired) electrons. The van der Waals surface area contributed by atoms with Crippen molar-refractivity contribution in [3.63, 3.8) is 0 Å². The van der Waals surface area contributed by atoms with Gasteiger partial charge in [0, 0.05) is 6.07 Å². The van der Waals surface area contributed by atoms with E-state index in [0.29, 0.717) is 6.61 Å². The van der Waals surface area contributed by atoms with Crippen molar-refractivity contribution in [2.24, 2.45) is 0 Å². The van der Waals surface area contributed by atoms with Crippen LogP contribution in [0.2, 0.25) is 0 Å². The maximum atomic E-state index is 9.44. The van der Waals surface area contributed by atoms with Gasteiger partial charge in [0.05, 0.1) is 12.7 Å². The van der Waals surface area contributed by atoms with Crippen LogP contribution in [0.3, 0.4) is 0 Å². The van der Waals surface area contributed by atoms with Crippen molar-refractivity contribution < 1.29 is 14.6 Å². The monoisotopic (exact) mass is 258 g/mol. The second-order valence-corrected chi connectivity index (χ2v) is 4.25. The molecule has 0 saturated carbocycles. The van der Waals surface area contributed by atoms with Crippen molar-refractivity contribution in [3.05, 3.63) is 54.1 Å². The summed E-state index contributed by atoms with van der Waals surface area (Å²) in [4.78, 5) is 0. The van der Waals surface area contributed by atoms with Gasteiger partial charge in [-0.25, -0.2) is 0 Å². The van der Waals surface area contributed by atoms with Gasteiger partial charge in [-0.15, -0.1) is 0 Å². The Morgan fingerprint density at radius 3 is 2.32 bits per heavy atom. The summed E-state index contributed by atoms with van der Waals surface area (Å²) in [7, 11) is 0. The number of hydrogen-bond acceptors (Lipinski definition) is 3. The molecular formula is C16H18O3. The second-order valence-electron chi connectivity index (χ2n) is 4.25. The van der Waals surface area contributed by atoms with E-state index in [1.54, 1.807) is 6.92 Å². The van der Waals surface area contributed by atoms with Crippen LogP contribution in [0.5, 0.6) is 17.2 Å². The highest BCUT2D eigenvalue weighted by atomic mass is 16.5. The summed E-state index contributed by atoms with van der Waals surface area (Å²) in [5.74, 6) is 2.26. The summed E-state index contributed by atoms with van der Waals surface area (Å²) in [6.45, 7) is 4.32. The molecule has 0 fully saturated rings. The van der Waals surface area contributed by atoms with Crippen LogP contribution in [0.4, 0.5) is 0 Å². The molecule has 0 aliphatic carbocycles. The van der Waals surface area contributed by atoms with Gasteiger partial charge in [0.15, 0.2) is 0 Å². The average Bonchev–Trinajstić information content (AvgIpc) is 2.40. The van der Waals surface area contributed by atoms with Crippen LogP contribution in [0.25, 0.3) is 0 Å². The van der Waals surface area contributed by atoms with Gasteiger partial charge < -0.3 is 14.6 Å². The topological polar surface area (TPSA) is 38.7 Å². The van der Waals surface area contributed by atoms with E-state index in [2.05, 4.69) is 0 Å². The third-order valence-corrected chi connectivity index (χ3v) is 2.71. The van der Waals surface area contributed by atoms with E-state index in [1.807, 2.05) is 55.5 Å². The highest BCUT2D eigenvalue weighted by molar-refractivity contribution is 5.37. The Morgan fingerprint density at radius 1 is 1.00 bits per heavy atom. The lowest BCUT2D eigenvalue weighted by molar-refractivity contribution is 0.199. The van der Waals surface area contributed by atoms with E-state index in [-0.39, 0.29) is 0 Å². The molecule has 3 nitrogen and oxygen atoms in total. The van der Waals surface area contributed by atoms with E-state index < -0.39 is 6.10 Å². The Morgan fingerprint density at radius 2 is 1.68 bits per heavy atom. The first kappa shape index (κ1) is 13.4. The molecule has 0 bridgehead atoms. The summed E-state index contributed by atoms with van der Waals surface area (Å²) in [6.07, 6.45) is -0.463. The van der Waals surface area contributed by atoms with E-state index >= 15 is 0 Å². The standard InChI is InChI=1S/C16H18O3/c1-3-18-15-5-4-6-16(11-15)19-14-9-7-13(8-10-14)12(2)17/h4-12,17H,3H2,1-2H3. The minimum absolute atomic E-state index is 0.463. The van der Waals surface area contributed by atoms with Crippen molar-refractivity contribution in [1.82, 2.24) is 0 Å². The maximum absolute atomic E-state index is 9.44. The molecule has 3 heteroatoms. The molecule has 0 heterocycles. The Hall–Kier alpha value is -2.00. The van der Waals surface area contributed by atoms with Crippen molar-refractivity contribution in [3.8, 4) is 17.2 Å². The van der Waals surface area contributed by atoms with E-state index in [1.165, 1.54) is 0 Å². The SMILES string of the molecule is CCOc1cccc(Oc2ccc(C(C)O)cc2)c1. The lowest BCUT2D eigenvalue weighted by Gasteiger charge is -2.09. The van der Waals surface area contributed by atoms with Gasteiger partial charge >= 0.3 is 0 Å². The summed E-state index contributed by atoms with van der Waals surface area (Å²) < 4.78 is 11.2. The Balaban J connectivity index is 2.10. The molecule has 0 aliphatic rings. The third kappa shape index (κ3) is 3.73. The molecule has 1 atom stereocenters. The number of aliphatic hydroxyl groups is 1. The molecule has 2 aromatic rings. The first-order valence-electron chi connectivity index (χ1n) is 6.38. The molecule has 0 saturated heterocycles. The smallest absolute Gasteiger partial charge is 0.131 e. The molecule has 19 heavy (non-hydrogen) atoms. The lowest BCUT2D eigenvalue weighted by Crippen LogP contribution is -1.92. The highest BCUT2D eigenvalue weighted by Gasteiger charge is 2.02. The van der Waals surface area contributed by atoms with E-state index in [9.17, 15) is 5.11 Å². The van der Waals surface area contributed by atoms with E-state index in [4.69, 9.17) is 9.47 Å². The van der Waals surface area contributed by atoms with E-state index in [0.717, 1.165) is 22.8 Å². The molecule has 0 aromatic heterocycles. The first-order valence-corrected chi connectivity index (χ1v) is 6.38. The Bertz CT molecular complexity index is 518. The zero-order chi connectivity index (χ0) is 13.7. The van der Waals surface area contributed by atoms with Gasteiger partial charge in [-0.1, -0.05) is 18.2 Å². The maximum Gasteiger partial charge on any atom is 0.131 e. The minimum Gasteiger partial charge on any atom is -0.494 e. The second kappa shape index (κ2) is 6.25. The van der Waals surface area contributed by atoms with Crippen molar-refractivity contribution in [2.45, 2.75) is 20.0 Å². The molecule has 100 valence electrons. The predicted octanol–water partition coefficient (Wildman–Crippen LogP) is 3.93. The van der Waals surface area contributed by atoms with Gasteiger partial charge in [-0.2, -0.15) is 0 Å². The number of ether oxygens (including phenoxy) is 2. The summed E-state index contributed by atoms with van der Waals surface area (Å²) in [6, 6.07) is 14.9. The highest BCUT2D eigenvalue weighted by Crippen LogP contribution is 2.26. The first-order chi connectivity index (χ1) is 9.19. The number of benzene rings is 2. The summed E-state index contributed by atoms with van der Waals surface area (Å²) in [5, 5.41) is 9.44. The Kier molecular flexibility index (Phi) is 4.42. The number of hydrogen-bond donors (Lipinski definition) is 1. The van der Waals surface area contributed by atoms with Gasteiger partial charge in [-0.3, -0.25) is 0 Å². The fraction of sp³-hybridized carbons (Fsp3) is 0.250. The van der Waals surface area contributed by atoms with Crippen LogP contribution in [0.15, 0.2) is 48.5 Å².